The number of nitrogen functional groups attached to an aromatic ring is 1. The molecule has 0 saturated carbocycles. The minimum atomic E-state index is 0.665. The van der Waals surface area contributed by atoms with E-state index in [-0.39, 0.29) is 0 Å². The molecule has 1 aromatic rings. The molecule has 0 radical (unpaired) electrons. The number of hydrogen-bond acceptors (Lipinski definition) is 5. The van der Waals surface area contributed by atoms with Crippen molar-refractivity contribution in [1.29, 1.82) is 0 Å². The van der Waals surface area contributed by atoms with Gasteiger partial charge < -0.3 is 25.0 Å². The Labute approximate surface area is 154 Å². The van der Waals surface area contributed by atoms with Gasteiger partial charge in [0.2, 0.25) is 0 Å². The van der Waals surface area contributed by atoms with Gasteiger partial charge in [-0.1, -0.05) is 27.7 Å². The summed E-state index contributed by atoms with van der Waals surface area (Å²) < 4.78 is 11.7. The van der Waals surface area contributed by atoms with Crippen LogP contribution in [0.5, 0.6) is 11.5 Å². The quantitative estimate of drug-likeness (QED) is 0.411. The van der Waals surface area contributed by atoms with Gasteiger partial charge >= 0.3 is 0 Å². The minimum absolute atomic E-state index is 0.665. The molecule has 0 fully saturated rings. The highest BCUT2D eigenvalue weighted by atomic mass is 16.5. The van der Waals surface area contributed by atoms with E-state index in [1.54, 1.807) is 0 Å². The predicted octanol–water partition coefficient (Wildman–Crippen LogP) is 3.49. The lowest BCUT2D eigenvalue weighted by Crippen LogP contribution is -2.25. The number of nitrogens with zero attached hydrogens (tertiary/aromatic N) is 2. The van der Waals surface area contributed by atoms with Gasteiger partial charge in [0.05, 0.1) is 18.9 Å². The molecule has 144 valence electrons. The zero-order valence-electron chi connectivity index (χ0n) is 16.6. The second-order valence-corrected chi connectivity index (χ2v) is 6.16. The summed E-state index contributed by atoms with van der Waals surface area (Å²) in [6.07, 6.45) is 2.02. The first-order chi connectivity index (χ1) is 12.1. The monoisotopic (exact) mass is 351 g/mol. The van der Waals surface area contributed by atoms with E-state index in [0.717, 1.165) is 63.6 Å². The van der Waals surface area contributed by atoms with E-state index >= 15 is 0 Å². The van der Waals surface area contributed by atoms with E-state index in [1.165, 1.54) is 0 Å². The Hall–Kier alpha value is -1.46. The summed E-state index contributed by atoms with van der Waals surface area (Å²) in [5.74, 6) is 1.55. The molecule has 0 aliphatic heterocycles. The highest BCUT2D eigenvalue weighted by Crippen LogP contribution is 2.27. The molecule has 0 saturated heterocycles. The van der Waals surface area contributed by atoms with Gasteiger partial charge in [0.15, 0.2) is 0 Å². The maximum absolute atomic E-state index is 6.02. The average Bonchev–Trinajstić information content (AvgIpc) is 2.64. The van der Waals surface area contributed by atoms with Gasteiger partial charge in [-0.2, -0.15) is 0 Å². The molecular weight excluding hydrogens is 314 g/mol. The smallest absolute Gasteiger partial charge is 0.145 e. The SMILES string of the molecule is CCN(CC)CCCOc1ccc(N)c(OCCCN(CC)CC)c1. The summed E-state index contributed by atoms with van der Waals surface area (Å²) in [4.78, 5) is 4.79. The third kappa shape index (κ3) is 8.45. The molecule has 0 bridgehead atoms. The standard InChI is InChI=1S/C20H37N3O2/c1-5-22(6-2)13-9-15-24-18-11-12-19(21)20(17-18)25-16-10-14-23(7-3)8-4/h11-12,17H,5-10,13-16,21H2,1-4H3. The van der Waals surface area contributed by atoms with E-state index in [4.69, 9.17) is 15.2 Å². The predicted molar refractivity (Wildman–Crippen MR) is 107 cm³/mol. The van der Waals surface area contributed by atoms with E-state index < -0.39 is 0 Å². The summed E-state index contributed by atoms with van der Waals surface area (Å²) in [7, 11) is 0. The van der Waals surface area contributed by atoms with Gasteiger partial charge in [0.25, 0.3) is 0 Å². The van der Waals surface area contributed by atoms with Crippen LogP contribution < -0.4 is 15.2 Å². The van der Waals surface area contributed by atoms with Crippen LogP contribution in [-0.2, 0) is 0 Å². The van der Waals surface area contributed by atoms with Crippen molar-refractivity contribution in [3.8, 4) is 11.5 Å². The summed E-state index contributed by atoms with van der Waals surface area (Å²) in [5, 5.41) is 0. The Morgan fingerprint density at radius 3 is 1.84 bits per heavy atom. The molecule has 0 aliphatic carbocycles. The molecule has 0 amide bonds. The summed E-state index contributed by atoms with van der Waals surface area (Å²) >= 11 is 0. The molecule has 0 aromatic heterocycles. The van der Waals surface area contributed by atoms with Crippen LogP contribution in [0.3, 0.4) is 0 Å². The van der Waals surface area contributed by atoms with E-state index in [1.807, 2.05) is 18.2 Å². The third-order valence-electron chi connectivity index (χ3n) is 4.54. The molecule has 25 heavy (non-hydrogen) atoms. The van der Waals surface area contributed by atoms with Crippen LogP contribution in [0.1, 0.15) is 40.5 Å². The van der Waals surface area contributed by atoms with Crippen LogP contribution in [0, 0.1) is 0 Å². The maximum atomic E-state index is 6.02. The molecule has 1 aromatic carbocycles. The van der Waals surface area contributed by atoms with E-state index in [2.05, 4.69) is 37.5 Å². The number of anilines is 1. The van der Waals surface area contributed by atoms with Gasteiger partial charge in [0, 0.05) is 19.2 Å². The lowest BCUT2D eigenvalue weighted by molar-refractivity contribution is 0.243. The molecule has 0 atom stereocenters. The van der Waals surface area contributed by atoms with Crippen LogP contribution in [-0.4, -0.2) is 62.3 Å². The van der Waals surface area contributed by atoms with Crippen molar-refractivity contribution < 1.29 is 9.47 Å². The van der Waals surface area contributed by atoms with Crippen LogP contribution in [0.15, 0.2) is 18.2 Å². The number of ether oxygens (including phenoxy) is 2. The summed E-state index contributed by atoms with van der Waals surface area (Å²) in [6, 6.07) is 5.68. The van der Waals surface area contributed by atoms with Crippen LogP contribution in [0.25, 0.3) is 0 Å². The largest absolute Gasteiger partial charge is 0.493 e. The van der Waals surface area contributed by atoms with Crippen molar-refractivity contribution >= 4 is 5.69 Å². The average molecular weight is 352 g/mol. The van der Waals surface area contributed by atoms with Gasteiger partial charge in [-0.25, -0.2) is 0 Å². The van der Waals surface area contributed by atoms with Gasteiger partial charge in [-0.05, 0) is 51.2 Å². The highest BCUT2D eigenvalue weighted by Gasteiger charge is 2.05. The second kappa shape index (κ2) is 12.8. The van der Waals surface area contributed by atoms with E-state index in [0.29, 0.717) is 18.9 Å². The van der Waals surface area contributed by atoms with Gasteiger partial charge in [0.1, 0.15) is 11.5 Å². The zero-order chi connectivity index (χ0) is 18.5. The van der Waals surface area contributed by atoms with Crippen molar-refractivity contribution in [3.05, 3.63) is 18.2 Å². The zero-order valence-corrected chi connectivity index (χ0v) is 16.6. The molecular formula is C20H37N3O2. The lowest BCUT2D eigenvalue weighted by Gasteiger charge is -2.18. The number of hydrogen-bond donors (Lipinski definition) is 1. The molecule has 0 spiro atoms. The van der Waals surface area contributed by atoms with Crippen molar-refractivity contribution in [3.63, 3.8) is 0 Å². The Balaban J connectivity index is 2.37. The maximum Gasteiger partial charge on any atom is 0.145 e. The number of nitrogens with two attached hydrogens (primary N) is 1. The molecule has 0 heterocycles. The highest BCUT2D eigenvalue weighted by molar-refractivity contribution is 5.55. The molecule has 5 heteroatoms. The topological polar surface area (TPSA) is 51.0 Å². The molecule has 0 aliphatic rings. The fourth-order valence-electron chi connectivity index (χ4n) is 2.76. The van der Waals surface area contributed by atoms with Gasteiger partial charge in [-0.15, -0.1) is 0 Å². The molecule has 2 N–H and O–H groups in total. The fraction of sp³-hybridized carbons (Fsp3) is 0.700. The molecule has 5 nitrogen and oxygen atoms in total. The van der Waals surface area contributed by atoms with Gasteiger partial charge in [-0.3, -0.25) is 0 Å². The Morgan fingerprint density at radius 2 is 1.32 bits per heavy atom. The van der Waals surface area contributed by atoms with Crippen molar-refractivity contribution in [2.24, 2.45) is 0 Å². The first kappa shape index (κ1) is 21.6. The lowest BCUT2D eigenvalue weighted by atomic mass is 10.3. The Morgan fingerprint density at radius 1 is 0.800 bits per heavy atom. The van der Waals surface area contributed by atoms with Crippen molar-refractivity contribution in [2.45, 2.75) is 40.5 Å². The molecule has 1 rings (SSSR count). The second-order valence-electron chi connectivity index (χ2n) is 6.16. The summed E-state index contributed by atoms with van der Waals surface area (Å²) in [6.45, 7) is 16.6. The minimum Gasteiger partial charge on any atom is -0.493 e. The Kier molecular flexibility index (Phi) is 11.1. The Bertz CT molecular complexity index is 460. The first-order valence-electron chi connectivity index (χ1n) is 9.74. The fourth-order valence-corrected chi connectivity index (χ4v) is 2.76. The third-order valence-corrected chi connectivity index (χ3v) is 4.54. The van der Waals surface area contributed by atoms with Crippen molar-refractivity contribution in [2.75, 3.05) is 58.2 Å². The van der Waals surface area contributed by atoms with Crippen LogP contribution in [0.4, 0.5) is 5.69 Å². The first-order valence-corrected chi connectivity index (χ1v) is 9.74. The molecule has 0 unspecified atom stereocenters. The number of rotatable bonds is 14. The van der Waals surface area contributed by atoms with E-state index in [9.17, 15) is 0 Å². The summed E-state index contributed by atoms with van der Waals surface area (Å²) in [5.41, 5.74) is 6.68. The van der Waals surface area contributed by atoms with Crippen LogP contribution >= 0.6 is 0 Å². The number of benzene rings is 1. The normalized spacial score (nSPS) is 11.3. The van der Waals surface area contributed by atoms with Crippen molar-refractivity contribution in [1.82, 2.24) is 9.80 Å². The van der Waals surface area contributed by atoms with Crippen LogP contribution in [0.2, 0.25) is 0 Å².